The van der Waals surface area contributed by atoms with Crippen LogP contribution in [0.25, 0.3) is 10.9 Å². The van der Waals surface area contributed by atoms with Crippen molar-refractivity contribution in [1.82, 2.24) is 14.9 Å². The third-order valence-corrected chi connectivity index (χ3v) is 2.91. The zero-order chi connectivity index (χ0) is 14.9. The molecule has 20 heavy (non-hydrogen) atoms. The number of hydrogen-bond donors (Lipinski definition) is 2. The molecule has 2 rings (SSSR count). The number of rotatable bonds is 3. The van der Waals surface area contributed by atoms with E-state index in [1.807, 2.05) is 0 Å². The highest BCUT2D eigenvalue weighted by Gasteiger charge is 2.33. The fourth-order valence-corrected chi connectivity index (χ4v) is 1.94. The van der Waals surface area contributed by atoms with Gasteiger partial charge in [-0.1, -0.05) is 6.07 Å². The van der Waals surface area contributed by atoms with Crippen LogP contribution < -0.4 is 16.6 Å². The molecule has 5 nitrogen and oxygen atoms in total. The van der Waals surface area contributed by atoms with Crippen molar-refractivity contribution in [3.8, 4) is 0 Å². The van der Waals surface area contributed by atoms with Gasteiger partial charge in [-0.25, -0.2) is 4.79 Å². The van der Waals surface area contributed by atoms with E-state index in [0.29, 0.717) is 6.54 Å². The smallest absolute Gasteiger partial charge is 0.318 e. The number of aromatic nitrogens is 2. The van der Waals surface area contributed by atoms with Crippen LogP contribution in [0.2, 0.25) is 0 Å². The van der Waals surface area contributed by atoms with Crippen LogP contribution in [-0.4, -0.2) is 23.1 Å². The SMILES string of the molecule is CNCCn1c(=O)[nH]c2c(C(F)(F)F)cccc2c1=O. The van der Waals surface area contributed by atoms with Crippen molar-refractivity contribution in [1.29, 1.82) is 0 Å². The van der Waals surface area contributed by atoms with E-state index in [9.17, 15) is 22.8 Å². The van der Waals surface area contributed by atoms with Crippen molar-refractivity contribution in [3.63, 3.8) is 0 Å². The molecule has 1 aromatic heterocycles. The second-order valence-electron chi connectivity index (χ2n) is 4.22. The number of alkyl halides is 3. The topological polar surface area (TPSA) is 66.9 Å². The van der Waals surface area contributed by atoms with Gasteiger partial charge < -0.3 is 10.3 Å². The van der Waals surface area contributed by atoms with Crippen LogP contribution in [0.1, 0.15) is 5.56 Å². The van der Waals surface area contributed by atoms with E-state index >= 15 is 0 Å². The third kappa shape index (κ3) is 2.46. The van der Waals surface area contributed by atoms with Crippen LogP contribution in [0.3, 0.4) is 0 Å². The van der Waals surface area contributed by atoms with Gasteiger partial charge in [0, 0.05) is 13.1 Å². The molecule has 0 saturated carbocycles. The van der Waals surface area contributed by atoms with Gasteiger partial charge in [0.2, 0.25) is 0 Å². The highest BCUT2D eigenvalue weighted by Crippen LogP contribution is 2.32. The van der Waals surface area contributed by atoms with Crippen molar-refractivity contribution < 1.29 is 13.2 Å². The van der Waals surface area contributed by atoms with Crippen LogP contribution in [0, 0.1) is 0 Å². The van der Waals surface area contributed by atoms with Gasteiger partial charge in [-0.3, -0.25) is 9.36 Å². The van der Waals surface area contributed by atoms with Crippen molar-refractivity contribution in [2.24, 2.45) is 0 Å². The molecule has 2 N–H and O–H groups in total. The first kappa shape index (κ1) is 14.3. The average Bonchev–Trinajstić information content (AvgIpc) is 2.37. The minimum absolute atomic E-state index is 0.0802. The molecule has 0 aliphatic heterocycles. The average molecular weight is 287 g/mol. The maximum atomic E-state index is 12.8. The molecule has 0 bridgehead atoms. The molecule has 0 aliphatic carbocycles. The molecular weight excluding hydrogens is 275 g/mol. The normalized spacial score (nSPS) is 12.0. The Bertz CT molecular complexity index is 746. The fraction of sp³-hybridized carbons (Fsp3) is 0.333. The molecule has 2 aromatic rings. The Morgan fingerprint density at radius 3 is 2.60 bits per heavy atom. The summed E-state index contributed by atoms with van der Waals surface area (Å²) in [6.07, 6.45) is -4.63. The Kier molecular flexibility index (Phi) is 3.67. The van der Waals surface area contributed by atoms with Gasteiger partial charge in [-0.15, -0.1) is 0 Å². The Balaban J connectivity index is 2.77. The van der Waals surface area contributed by atoms with E-state index in [0.717, 1.165) is 16.7 Å². The summed E-state index contributed by atoms with van der Waals surface area (Å²) in [6, 6.07) is 3.24. The summed E-state index contributed by atoms with van der Waals surface area (Å²) in [5.74, 6) is 0. The number of nitrogens with one attached hydrogen (secondary N) is 2. The summed E-state index contributed by atoms with van der Waals surface area (Å²) in [7, 11) is 1.64. The molecule has 0 atom stereocenters. The van der Waals surface area contributed by atoms with Crippen molar-refractivity contribution >= 4 is 10.9 Å². The van der Waals surface area contributed by atoms with Gasteiger partial charge in [-0.05, 0) is 19.2 Å². The zero-order valence-corrected chi connectivity index (χ0v) is 10.5. The number of aromatic amines is 1. The lowest BCUT2D eigenvalue weighted by atomic mass is 10.1. The highest BCUT2D eigenvalue weighted by atomic mass is 19.4. The molecule has 0 saturated heterocycles. The van der Waals surface area contributed by atoms with E-state index < -0.39 is 28.5 Å². The number of hydrogen-bond acceptors (Lipinski definition) is 3. The molecule has 0 aliphatic rings. The molecule has 0 unspecified atom stereocenters. The van der Waals surface area contributed by atoms with Gasteiger partial charge in [0.05, 0.1) is 16.5 Å². The fourth-order valence-electron chi connectivity index (χ4n) is 1.94. The summed E-state index contributed by atoms with van der Waals surface area (Å²) >= 11 is 0. The molecule has 108 valence electrons. The van der Waals surface area contributed by atoms with E-state index in [2.05, 4.69) is 10.3 Å². The first-order valence-corrected chi connectivity index (χ1v) is 5.84. The minimum Gasteiger partial charge on any atom is -0.318 e. The number of fused-ring (bicyclic) bond motifs is 1. The van der Waals surface area contributed by atoms with Crippen LogP contribution in [-0.2, 0) is 12.7 Å². The second-order valence-corrected chi connectivity index (χ2v) is 4.22. The van der Waals surface area contributed by atoms with Crippen molar-refractivity contribution in [3.05, 3.63) is 44.6 Å². The number of para-hydroxylation sites is 1. The summed E-state index contributed by atoms with van der Waals surface area (Å²) in [4.78, 5) is 26.0. The first-order chi connectivity index (χ1) is 9.36. The van der Waals surface area contributed by atoms with Gasteiger partial charge in [0.15, 0.2) is 0 Å². The maximum Gasteiger partial charge on any atom is 0.418 e. The Morgan fingerprint density at radius 2 is 2.00 bits per heavy atom. The molecule has 0 fully saturated rings. The molecule has 0 radical (unpaired) electrons. The molecule has 1 heterocycles. The molecule has 1 aromatic carbocycles. The van der Waals surface area contributed by atoms with Gasteiger partial charge in [0.1, 0.15) is 0 Å². The number of halogens is 3. The summed E-state index contributed by atoms with van der Waals surface area (Å²) < 4.78 is 39.4. The van der Waals surface area contributed by atoms with Gasteiger partial charge in [0.25, 0.3) is 5.56 Å². The van der Waals surface area contributed by atoms with Crippen LogP contribution in [0.4, 0.5) is 13.2 Å². The van der Waals surface area contributed by atoms with Crippen LogP contribution in [0.5, 0.6) is 0 Å². The largest absolute Gasteiger partial charge is 0.418 e. The number of benzene rings is 1. The summed E-state index contributed by atoms with van der Waals surface area (Å²) in [6.45, 7) is 0.435. The quantitative estimate of drug-likeness (QED) is 0.882. The zero-order valence-electron chi connectivity index (χ0n) is 10.5. The predicted octanol–water partition coefficient (Wildman–Crippen LogP) is 0.928. The Morgan fingerprint density at radius 1 is 1.30 bits per heavy atom. The lowest BCUT2D eigenvalue weighted by molar-refractivity contribution is -0.136. The van der Waals surface area contributed by atoms with Crippen molar-refractivity contribution in [2.75, 3.05) is 13.6 Å². The predicted molar refractivity (Wildman–Crippen MR) is 67.8 cm³/mol. The number of likely N-dealkylation sites (N-methyl/N-ethyl adjacent to an activating group) is 1. The standard InChI is InChI=1S/C12H12F3N3O2/c1-16-5-6-18-10(19)7-3-2-4-8(12(13,14)15)9(7)17-11(18)20/h2-4,16H,5-6H2,1H3,(H,17,20). The monoisotopic (exact) mass is 287 g/mol. The second kappa shape index (κ2) is 5.12. The first-order valence-electron chi connectivity index (χ1n) is 5.84. The van der Waals surface area contributed by atoms with E-state index in [-0.39, 0.29) is 11.9 Å². The van der Waals surface area contributed by atoms with E-state index in [1.165, 1.54) is 6.07 Å². The summed E-state index contributed by atoms with van der Waals surface area (Å²) in [5.41, 5.74) is -3.08. The lowest BCUT2D eigenvalue weighted by Gasteiger charge is -2.11. The van der Waals surface area contributed by atoms with Gasteiger partial charge >= 0.3 is 11.9 Å². The minimum atomic E-state index is -4.63. The number of H-pyrrole nitrogens is 1. The summed E-state index contributed by atoms with van der Waals surface area (Å²) in [5, 5.41) is 2.60. The molecule has 0 amide bonds. The molecular formula is C12H12F3N3O2. The maximum absolute atomic E-state index is 12.8. The molecule has 0 spiro atoms. The molecule has 8 heteroatoms. The van der Waals surface area contributed by atoms with E-state index in [4.69, 9.17) is 0 Å². The Hall–Kier alpha value is -2.09. The van der Waals surface area contributed by atoms with E-state index in [1.54, 1.807) is 7.05 Å². The van der Waals surface area contributed by atoms with Crippen LogP contribution >= 0.6 is 0 Å². The lowest BCUT2D eigenvalue weighted by Crippen LogP contribution is -2.38. The van der Waals surface area contributed by atoms with Gasteiger partial charge in [-0.2, -0.15) is 13.2 Å². The van der Waals surface area contributed by atoms with Crippen LogP contribution in [0.15, 0.2) is 27.8 Å². The Labute approximate surface area is 111 Å². The third-order valence-electron chi connectivity index (χ3n) is 2.91. The number of nitrogens with zero attached hydrogens (tertiary/aromatic N) is 1. The van der Waals surface area contributed by atoms with Crippen molar-refractivity contribution in [2.45, 2.75) is 12.7 Å². The highest BCUT2D eigenvalue weighted by molar-refractivity contribution is 5.81.